The highest BCUT2D eigenvalue weighted by atomic mass is 31.1. The van der Waals surface area contributed by atoms with E-state index in [0.717, 1.165) is 11.8 Å². The Labute approximate surface area is 67.6 Å². The van der Waals surface area contributed by atoms with E-state index in [1.54, 1.807) is 0 Å². The summed E-state index contributed by atoms with van der Waals surface area (Å²) in [7, 11) is -1.62. The topological polar surface area (TPSA) is 55.1 Å². The van der Waals surface area contributed by atoms with Crippen LogP contribution in [0.25, 0.3) is 0 Å². The molecule has 0 amide bonds. The second-order valence-electron chi connectivity index (χ2n) is 3.74. The lowest BCUT2D eigenvalue weighted by molar-refractivity contribution is 0.393. The van der Waals surface area contributed by atoms with Gasteiger partial charge in [0.1, 0.15) is 0 Å². The first-order valence-electron chi connectivity index (χ1n) is 4.24. The molecule has 4 heteroatoms. The van der Waals surface area contributed by atoms with E-state index < -0.39 is 8.10 Å². The van der Waals surface area contributed by atoms with Gasteiger partial charge in [0.2, 0.25) is 0 Å². The number of fused-ring (bicyclic) bond motifs is 2. The number of rotatable bonds is 2. The van der Waals surface area contributed by atoms with Gasteiger partial charge in [-0.1, -0.05) is 11.5 Å². The maximum Gasteiger partial charge on any atom is 0.529 e. The van der Waals surface area contributed by atoms with Crippen molar-refractivity contribution in [3.05, 3.63) is 0 Å². The average molecular weight is 173 g/mol. The van der Waals surface area contributed by atoms with E-state index in [4.69, 9.17) is 5.50 Å². The van der Waals surface area contributed by atoms with Crippen LogP contribution in [0.5, 0.6) is 0 Å². The van der Waals surface area contributed by atoms with Gasteiger partial charge in [-0.15, -0.1) is 5.50 Å². The Morgan fingerprint density at radius 2 is 2.18 bits per heavy atom. The van der Waals surface area contributed by atoms with Crippen molar-refractivity contribution in [1.29, 1.82) is 0 Å². The normalized spacial score (nSPS) is 43.0. The van der Waals surface area contributed by atoms with E-state index in [-0.39, 0.29) is 0 Å². The van der Waals surface area contributed by atoms with Crippen molar-refractivity contribution >= 4 is 8.10 Å². The van der Waals surface area contributed by atoms with E-state index in [1.807, 2.05) is 0 Å². The molecule has 4 unspecified atom stereocenters. The number of hydrogen-bond donors (Lipinski definition) is 2. The van der Waals surface area contributed by atoms with Gasteiger partial charge in [-0.3, -0.25) is 0 Å². The molecule has 11 heavy (non-hydrogen) atoms. The highest BCUT2D eigenvalue weighted by molar-refractivity contribution is 7.39. The summed E-state index contributed by atoms with van der Waals surface area (Å²) in [6, 6.07) is 0.461. The van der Waals surface area contributed by atoms with E-state index in [9.17, 15) is 4.57 Å². The molecule has 3 nitrogen and oxygen atoms in total. The van der Waals surface area contributed by atoms with Gasteiger partial charge in [0.25, 0.3) is 0 Å². The number of nitrogens with one attached hydrogen (secondary N) is 1. The summed E-state index contributed by atoms with van der Waals surface area (Å²) in [5.41, 5.74) is 5.20. The van der Waals surface area contributed by atoms with Crippen molar-refractivity contribution in [2.24, 2.45) is 17.3 Å². The summed E-state index contributed by atoms with van der Waals surface area (Å²) in [4.78, 5) is 0. The van der Waals surface area contributed by atoms with Crippen molar-refractivity contribution in [2.45, 2.75) is 31.7 Å². The molecular formula is C7H14N2OP+. The van der Waals surface area contributed by atoms with Crippen LogP contribution in [0.1, 0.15) is 25.7 Å². The van der Waals surface area contributed by atoms with Gasteiger partial charge in [0, 0.05) is 0 Å². The first kappa shape index (κ1) is 7.66. The van der Waals surface area contributed by atoms with Gasteiger partial charge < -0.3 is 0 Å². The smallest absolute Gasteiger partial charge is 0.104 e. The van der Waals surface area contributed by atoms with Crippen LogP contribution in [0.3, 0.4) is 0 Å². The molecule has 2 bridgehead atoms. The van der Waals surface area contributed by atoms with Gasteiger partial charge in [0.15, 0.2) is 0 Å². The molecule has 0 aromatic carbocycles. The van der Waals surface area contributed by atoms with Crippen LogP contribution >= 0.6 is 8.10 Å². The average Bonchev–Trinajstić information content (AvgIpc) is 2.45. The van der Waals surface area contributed by atoms with Crippen molar-refractivity contribution in [3.63, 3.8) is 0 Å². The molecule has 0 spiro atoms. The Morgan fingerprint density at radius 3 is 2.64 bits per heavy atom. The molecule has 0 heterocycles. The van der Waals surface area contributed by atoms with Gasteiger partial charge in [-0.25, -0.2) is 0 Å². The molecular weight excluding hydrogens is 159 g/mol. The molecule has 4 atom stereocenters. The predicted molar refractivity (Wildman–Crippen MR) is 44.2 cm³/mol. The first-order chi connectivity index (χ1) is 5.25. The van der Waals surface area contributed by atoms with E-state index in [0.29, 0.717) is 6.04 Å². The van der Waals surface area contributed by atoms with Crippen LogP contribution in [-0.4, -0.2) is 6.04 Å². The highest BCUT2D eigenvalue weighted by Gasteiger charge is 2.42. The van der Waals surface area contributed by atoms with Gasteiger partial charge in [-0.2, -0.15) is 0 Å². The Morgan fingerprint density at radius 1 is 1.36 bits per heavy atom. The van der Waals surface area contributed by atoms with E-state index >= 15 is 0 Å². The van der Waals surface area contributed by atoms with Crippen LogP contribution < -0.4 is 10.6 Å². The Balaban J connectivity index is 1.92. The van der Waals surface area contributed by atoms with Crippen LogP contribution in [0.15, 0.2) is 0 Å². The van der Waals surface area contributed by atoms with Crippen molar-refractivity contribution in [1.82, 2.24) is 5.09 Å². The first-order valence-corrected chi connectivity index (χ1v) is 5.56. The molecule has 2 aliphatic rings. The largest absolute Gasteiger partial charge is 0.529 e. The third-order valence-corrected chi connectivity index (χ3v) is 3.62. The molecule has 2 saturated carbocycles. The molecule has 62 valence electrons. The third kappa shape index (κ3) is 1.46. The van der Waals surface area contributed by atoms with Crippen LogP contribution in [0, 0.1) is 11.8 Å². The van der Waals surface area contributed by atoms with Crippen molar-refractivity contribution in [3.8, 4) is 0 Å². The standard InChI is InChI=1S/C7H14N2OP/c8-11(10)9-7-4-5-1-2-6(7)3-5/h5-7H,1-4H2,(H3,8,9,10)/q+1. The fourth-order valence-corrected chi connectivity index (χ4v) is 3.21. The summed E-state index contributed by atoms with van der Waals surface area (Å²) in [5.74, 6) is 1.66. The molecule has 2 fully saturated rings. The van der Waals surface area contributed by atoms with E-state index in [1.165, 1.54) is 25.7 Å². The summed E-state index contributed by atoms with van der Waals surface area (Å²) < 4.78 is 10.7. The fraction of sp³-hybridized carbons (Fsp3) is 1.00. The molecule has 2 aliphatic carbocycles. The zero-order valence-corrected chi connectivity index (χ0v) is 7.39. The number of nitrogens with two attached hydrogens (primary N) is 1. The Hall–Kier alpha value is 0.0200. The summed E-state index contributed by atoms with van der Waals surface area (Å²) in [5, 5.41) is 2.96. The summed E-state index contributed by atoms with van der Waals surface area (Å²) in [6.07, 6.45) is 5.22. The Kier molecular flexibility index (Phi) is 1.96. The minimum absolute atomic E-state index is 0.461. The summed E-state index contributed by atoms with van der Waals surface area (Å²) >= 11 is 0. The lowest BCUT2D eigenvalue weighted by atomic mass is 9.96. The predicted octanol–water partition coefficient (Wildman–Crippen LogP) is 1.38. The third-order valence-electron chi connectivity index (χ3n) is 3.03. The maximum absolute atomic E-state index is 10.7. The molecule has 2 rings (SSSR count). The van der Waals surface area contributed by atoms with Gasteiger partial charge in [0.05, 0.1) is 6.04 Å². The molecule has 0 saturated heterocycles. The SMILES string of the molecule is N[P+](=O)NC1CC2CCC1C2. The molecule has 0 aromatic rings. The van der Waals surface area contributed by atoms with Crippen molar-refractivity contribution < 1.29 is 4.57 Å². The lowest BCUT2D eigenvalue weighted by Gasteiger charge is -2.16. The zero-order chi connectivity index (χ0) is 7.84. The minimum Gasteiger partial charge on any atom is -0.104 e. The highest BCUT2D eigenvalue weighted by Crippen LogP contribution is 2.45. The molecule has 0 aromatic heterocycles. The van der Waals surface area contributed by atoms with Crippen LogP contribution in [0.4, 0.5) is 0 Å². The van der Waals surface area contributed by atoms with E-state index in [2.05, 4.69) is 5.09 Å². The lowest BCUT2D eigenvalue weighted by Crippen LogP contribution is -2.29. The Bertz CT molecular complexity index is 185. The van der Waals surface area contributed by atoms with Crippen LogP contribution in [-0.2, 0) is 4.57 Å². The zero-order valence-electron chi connectivity index (χ0n) is 6.49. The quantitative estimate of drug-likeness (QED) is 0.620. The second kappa shape index (κ2) is 2.81. The maximum atomic E-state index is 10.7. The molecule has 0 aliphatic heterocycles. The van der Waals surface area contributed by atoms with Gasteiger partial charge in [-0.05, 0) is 35.7 Å². The monoisotopic (exact) mass is 173 g/mol. The minimum atomic E-state index is -1.62. The van der Waals surface area contributed by atoms with Crippen molar-refractivity contribution in [2.75, 3.05) is 0 Å². The second-order valence-corrected chi connectivity index (χ2v) is 4.65. The molecule has 3 N–H and O–H groups in total. The number of hydrogen-bond acceptors (Lipinski definition) is 1. The van der Waals surface area contributed by atoms with Crippen LogP contribution in [0.2, 0.25) is 0 Å². The fourth-order valence-electron chi connectivity index (χ4n) is 2.57. The summed E-state index contributed by atoms with van der Waals surface area (Å²) in [6.45, 7) is 0. The van der Waals surface area contributed by atoms with Gasteiger partial charge >= 0.3 is 8.10 Å². The molecule has 0 radical (unpaired) electrons.